The number of halogens is 2. The third kappa shape index (κ3) is 6.16. The summed E-state index contributed by atoms with van der Waals surface area (Å²) < 4.78 is 39.2. The van der Waals surface area contributed by atoms with Gasteiger partial charge < -0.3 is 9.47 Å². The lowest BCUT2D eigenvalue weighted by molar-refractivity contribution is 0.0728. The lowest BCUT2D eigenvalue weighted by Gasteiger charge is -2.10. The summed E-state index contributed by atoms with van der Waals surface area (Å²) in [5.74, 6) is -1.52. The Kier molecular flexibility index (Phi) is 8.37. The van der Waals surface area contributed by atoms with Gasteiger partial charge in [-0.15, -0.1) is 0 Å². The Hall–Kier alpha value is -3.21. The number of hydrogen-bond acceptors (Lipinski definition) is 3. The van der Waals surface area contributed by atoms with E-state index in [1.54, 1.807) is 42.5 Å². The summed E-state index contributed by atoms with van der Waals surface area (Å²) in [6.45, 7) is 4.55. The van der Waals surface area contributed by atoms with Gasteiger partial charge in [0.25, 0.3) is 0 Å². The zero-order valence-electron chi connectivity index (χ0n) is 18.5. The summed E-state index contributed by atoms with van der Waals surface area (Å²) in [4.78, 5) is 12.4. The van der Waals surface area contributed by atoms with Gasteiger partial charge in [0, 0.05) is 0 Å². The van der Waals surface area contributed by atoms with Gasteiger partial charge in [-0.25, -0.2) is 13.6 Å². The largest absolute Gasteiger partial charge is 0.491 e. The highest BCUT2D eigenvalue weighted by Crippen LogP contribution is 2.27. The normalized spacial score (nSPS) is 10.8. The van der Waals surface area contributed by atoms with Gasteiger partial charge in [0.15, 0.2) is 23.1 Å². The van der Waals surface area contributed by atoms with Crippen molar-refractivity contribution in [3.8, 4) is 22.6 Å². The van der Waals surface area contributed by atoms with Crippen LogP contribution in [0.15, 0.2) is 60.7 Å². The molecule has 168 valence electrons. The minimum atomic E-state index is -0.655. The molecule has 3 nitrogen and oxygen atoms in total. The van der Waals surface area contributed by atoms with E-state index in [-0.39, 0.29) is 17.1 Å². The molecule has 0 saturated carbocycles. The van der Waals surface area contributed by atoms with Gasteiger partial charge in [-0.05, 0) is 65.9 Å². The molecule has 5 heteroatoms. The zero-order valence-corrected chi connectivity index (χ0v) is 18.5. The Labute approximate surface area is 188 Å². The van der Waals surface area contributed by atoms with Crippen LogP contribution in [-0.2, 0) is 6.42 Å². The van der Waals surface area contributed by atoms with E-state index in [2.05, 4.69) is 6.92 Å². The maximum Gasteiger partial charge on any atom is 0.343 e. The summed E-state index contributed by atoms with van der Waals surface area (Å²) in [7, 11) is 0. The molecule has 0 aliphatic rings. The molecule has 0 aromatic heterocycles. The maximum atomic E-state index is 14.4. The van der Waals surface area contributed by atoms with E-state index in [0.29, 0.717) is 18.6 Å². The molecule has 0 atom stereocenters. The summed E-state index contributed by atoms with van der Waals surface area (Å²) in [6.07, 6.45) is 4.96. The molecule has 0 amide bonds. The molecule has 0 saturated heterocycles. The molecule has 0 unspecified atom stereocenters. The number of carbonyl (C=O) groups excluding carboxylic acids is 1. The molecule has 0 fully saturated rings. The summed E-state index contributed by atoms with van der Waals surface area (Å²) in [6, 6.07) is 15.9. The van der Waals surface area contributed by atoms with Gasteiger partial charge in [-0.3, -0.25) is 0 Å². The second kappa shape index (κ2) is 11.4. The first kappa shape index (κ1) is 23.5. The van der Waals surface area contributed by atoms with Crippen molar-refractivity contribution in [1.82, 2.24) is 0 Å². The third-order valence-corrected chi connectivity index (χ3v) is 5.25. The fourth-order valence-corrected chi connectivity index (χ4v) is 3.31. The van der Waals surface area contributed by atoms with Crippen LogP contribution < -0.4 is 9.47 Å². The maximum absolute atomic E-state index is 14.4. The fourth-order valence-electron chi connectivity index (χ4n) is 3.31. The van der Waals surface area contributed by atoms with E-state index < -0.39 is 17.6 Å². The molecule has 0 radical (unpaired) electrons. The van der Waals surface area contributed by atoms with E-state index in [1.165, 1.54) is 18.2 Å². The molecule has 3 aromatic carbocycles. The Bertz CT molecular complexity index is 1050. The Morgan fingerprint density at radius 1 is 0.781 bits per heavy atom. The molecular weight excluding hydrogens is 410 g/mol. The van der Waals surface area contributed by atoms with Crippen molar-refractivity contribution in [1.29, 1.82) is 0 Å². The number of carbonyl (C=O) groups is 1. The molecule has 3 aromatic rings. The molecule has 0 heterocycles. The Balaban J connectivity index is 1.63. The summed E-state index contributed by atoms with van der Waals surface area (Å²) in [5, 5.41) is 0. The van der Waals surface area contributed by atoms with Crippen molar-refractivity contribution in [2.75, 3.05) is 6.61 Å². The summed E-state index contributed by atoms with van der Waals surface area (Å²) in [5.41, 5.74) is 2.52. The zero-order chi connectivity index (χ0) is 22.9. The topological polar surface area (TPSA) is 35.5 Å². The van der Waals surface area contributed by atoms with E-state index in [0.717, 1.165) is 36.8 Å². The standard InChI is InChI=1S/C27H28F2O3/c1-3-5-6-7-16-31-25-15-13-22(18-24(25)29)20-9-11-21(12-10-20)27(30)32-26-14-8-19(4-2)17-23(26)28/h8-15,17-18H,3-7,16H2,1-2H3. The first-order chi connectivity index (χ1) is 15.5. The van der Waals surface area contributed by atoms with Crippen LogP contribution >= 0.6 is 0 Å². The highest BCUT2D eigenvalue weighted by atomic mass is 19.1. The number of benzene rings is 3. The van der Waals surface area contributed by atoms with Crippen molar-refractivity contribution in [3.63, 3.8) is 0 Å². The number of aryl methyl sites for hydroxylation is 1. The average molecular weight is 439 g/mol. The van der Waals surface area contributed by atoms with Gasteiger partial charge in [-0.1, -0.05) is 57.4 Å². The lowest BCUT2D eigenvalue weighted by Crippen LogP contribution is -2.09. The van der Waals surface area contributed by atoms with Crippen LogP contribution in [0.5, 0.6) is 11.5 Å². The highest BCUT2D eigenvalue weighted by molar-refractivity contribution is 5.91. The molecule has 0 N–H and O–H groups in total. The van der Waals surface area contributed by atoms with Crippen molar-refractivity contribution < 1.29 is 23.0 Å². The molecule has 0 spiro atoms. The van der Waals surface area contributed by atoms with Crippen LogP contribution in [0.2, 0.25) is 0 Å². The molecule has 32 heavy (non-hydrogen) atoms. The van der Waals surface area contributed by atoms with Crippen molar-refractivity contribution in [2.45, 2.75) is 46.0 Å². The third-order valence-electron chi connectivity index (χ3n) is 5.25. The van der Waals surface area contributed by atoms with Crippen LogP contribution in [0, 0.1) is 11.6 Å². The molecular formula is C27H28F2O3. The predicted molar refractivity (Wildman–Crippen MR) is 122 cm³/mol. The number of esters is 1. The lowest BCUT2D eigenvalue weighted by atomic mass is 10.0. The van der Waals surface area contributed by atoms with Crippen LogP contribution in [0.1, 0.15) is 55.5 Å². The second-order valence-corrected chi connectivity index (χ2v) is 7.64. The van der Waals surface area contributed by atoms with Crippen molar-refractivity contribution in [3.05, 3.63) is 83.4 Å². The van der Waals surface area contributed by atoms with Crippen LogP contribution in [0.3, 0.4) is 0 Å². The van der Waals surface area contributed by atoms with Crippen molar-refractivity contribution in [2.24, 2.45) is 0 Å². The Morgan fingerprint density at radius 2 is 1.47 bits per heavy atom. The smallest absolute Gasteiger partial charge is 0.343 e. The molecule has 0 bridgehead atoms. The Morgan fingerprint density at radius 3 is 2.12 bits per heavy atom. The minimum absolute atomic E-state index is 0.108. The van der Waals surface area contributed by atoms with E-state index in [4.69, 9.17) is 9.47 Å². The molecule has 3 rings (SSSR count). The first-order valence-corrected chi connectivity index (χ1v) is 11.0. The van der Waals surface area contributed by atoms with Gasteiger partial charge in [0.2, 0.25) is 0 Å². The average Bonchev–Trinajstić information content (AvgIpc) is 2.81. The van der Waals surface area contributed by atoms with Gasteiger partial charge in [0.05, 0.1) is 12.2 Å². The van der Waals surface area contributed by atoms with Crippen LogP contribution in [0.25, 0.3) is 11.1 Å². The van der Waals surface area contributed by atoms with Gasteiger partial charge >= 0.3 is 5.97 Å². The number of hydrogen-bond donors (Lipinski definition) is 0. The van der Waals surface area contributed by atoms with Gasteiger partial charge in [0.1, 0.15) is 0 Å². The SMILES string of the molecule is CCCCCCOc1ccc(-c2ccc(C(=O)Oc3ccc(CC)cc3F)cc2)cc1F. The van der Waals surface area contributed by atoms with E-state index >= 15 is 0 Å². The molecule has 0 aliphatic carbocycles. The quantitative estimate of drug-likeness (QED) is 0.188. The number of rotatable bonds is 10. The van der Waals surface area contributed by atoms with Gasteiger partial charge in [-0.2, -0.15) is 0 Å². The molecule has 0 aliphatic heterocycles. The second-order valence-electron chi connectivity index (χ2n) is 7.64. The first-order valence-electron chi connectivity index (χ1n) is 11.0. The van der Waals surface area contributed by atoms with E-state index in [9.17, 15) is 13.6 Å². The van der Waals surface area contributed by atoms with E-state index in [1.807, 2.05) is 6.92 Å². The predicted octanol–water partition coefficient (Wildman–Crippen LogP) is 7.37. The monoisotopic (exact) mass is 438 g/mol. The number of unbranched alkanes of at least 4 members (excludes halogenated alkanes) is 3. The fraction of sp³-hybridized carbons (Fsp3) is 0.296. The van der Waals surface area contributed by atoms with Crippen molar-refractivity contribution >= 4 is 5.97 Å². The highest BCUT2D eigenvalue weighted by Gasteiger charge is 2.13. The number of ether oxygens (including phenoxy) is 2. The minimum Gasteiger partial charge on any atom is -0.491 e. The van der Waals surface area contributed by atoms with Crippen LogP contribution in [-0.4, -0.2) is 12.6 Å². The summed E-state index contributed by atoms with van der Waals surface area (Å²) >= 11 is 0. The van der Waals surface area contributed by atoms with Crippen LogP contribution in [0.4, 0.5) is 8.78 Å².